The maximum atomic E-state index is 9.49. The minimum Gasteiger partial charge on any atom is -0.394 e. The van der Waals surface area contributed by atoms with Crippen LogP contribution in [0.2, 0.25) is 0 Å². The molecule has 1 unspecified atom stereocenters. The average molecular weight is 348 g/mol. The van der Waals surface area contributed by atoms with E-state index in [9.17, 15) is 5.11 Å². The van der Waals surface area contributed by atoms with Crippen LogP contribution in [-0.4, -0.2) is 28.3 Å². The summed E-state index contributed by atoms with van der Waals surface area (Å²) in [6, 6.07) is 7.15. The summed E-state index contributed by atoms with van der Waals surface area (Å²) in [6.45, 7) is 4.70. The Morgan fingerprint density at radius 3 is 2.83 bits per heavy atom. The number of nitrogens with two attached hydrogens (primary N) is 1. The average Bonchev–Trinajstić information content (AvgIpc) is 2.97. The fourth-order valence-electron chi connectivity index (χ4n) is 4.41. The van der Waals surface area contributed by atoms with Crippen LogP contribution < -0.4 is 5.73 Å². The first-order valence-corrected chi connectivity index (χ1v) is 10.7. The van der Waals surface area contributed by atoms with Crippen LogP contribution in [0.4, 0.5) is 0 Å². The van der Waals surface area contributed by atoms with Crippen LogP contribution in [0.1, 0.15) is 68.6 Å². The number of thioether (sulfide) groups is 1. The highest BCUT2D eigenvalue weighted by atomic mass is 32.2. The van der Waals surface area contributed by atoms with Gasteiger partial charge in [-0.1, -0.05) is 32.0 Å². The van der Waals surface area contributed by atoms with E-state index in [1.165, 1.54) is 37.0 Å². The van der Waals surface area contributed by atoms with Crippen molar-refractivity contribution < 1.29 is 5.11 Å². The maximum absolute atomic E-state index is 9.49. The van der Waals surface area contributed by atoms with Gasteiger partial charge in [-0.2, -0.15) is 11.8 Å². The summed E-state index contributed by atoms with van der Waals surface area (Å²) in [5.41, 5.74) is 10.5. The van der Waals surface area contributed by atoms with Gasteiger partial charge in [0.1, 0.15) is 0 Å². The highest BCUT2D eigenvalue weighted by Gasteiger charge is 2.36. The van der Waals surface area contributed by atoms with Crippen LogP contribution in [0.3, 0.4) is 0 Å². The lowest BCUT2D eigenvalue weighted by molar-refractivity contribution is 0.198. The Hall–Kier alpha value is -0.510. The lowest BCUT2D eigenvalue weighted by atomic mass is 9.80. The molecule has 0 heterocycles. The van der Waals surface area contributed by atoms with Crippen molar-refractivity contribution in [3.63, 3.8) is 0 Å². The van der Waals surface area contributed by atoms with Gasteiger partial charge < -0.3 is 10.8 Å². The Balaban J connectivity index is 1.60. The predicted molar refractivity (Wildman–Crippen MR) is 105 cm³/mol. The zero-order valence-electron chi connectivity index (χ0n) is 15.3. The van der Waals surface area contributed by atoms with E-state index in [0.717, 1.165) is 30.4 Å². The largest absolute Gasteiger partial charge is 0.394 e. The number of aryl methyl sites for hydroxylation is 1. The minimum absolute atomic E-state index is 0.116. The number of hydrogen-bond donors (Lipinski definition) is 2. The number of fused-ring (bicyclic) bond motifs is 1. The molecule has 2 nitrogen and oxygen atoms in total. The van der Waals surface area contributed by atoms with E-state index in [0.29, 0.717) is 5.92 Å². The van der Waals surface area contributed by atoms with E-state index in [1.54, 1.807) is 11.1 Å². The molecule has 0 amide bonds. The standard InChI is InChI=1S/C21H33NOS/c1-15(2)24-10-8-16-3-4-18-12-19(6-5-17(18)11-16)20-7-9-21(22,13-20)14-23/h5-6,12,15-16,20,23H,3-4,7-11,13-14,22H2,1-2H3/t16-,20?,21+/m0/s1. The molecule has 1 saturated carbocycles. The van der Waals surface area contributed by atoms with E-state index in [2.05, 4.69) is 43.8 Å². The van der Waals surface area contributed by atoms with E-state index in [1.807, 2.05) is 0 Å². The molecule has 1 fully saturated rings. The summed E-state index contributed by atoms with van der Waals surface area (Å²) in [7, 11) is 0. The molecule has 0 aliphatic heterocycles. The van der Waals surface area contributed by atoms with Crippen LogP contribution >= 0.6 is 11.8 Å². The third-order valence-corrected chi connectivity index (χ3v) is 7.11. The van der Waals surface area contributed by atoms with Crippen LogP contribution in [0.15, 0.2) is 18.2 Å². The van der Waals surface area contributed by atoms with Gasteiger partial charge in [-0.25, -0.2) is 0 Å². The van der Waals surface area contributed by atoms with Gasteiger partial charge in [0.05, 0.1) is 6.61 Å². The summed E-state index contributed by atoms with van der Waals surface area (Å²) in [4.78, 5) is 0. The topological polar surface area (TPSA) is 46.2 Å². The zero-order valence-corrected chi connectivity index (χ0v) is 16.1. The van der Waals surface area contributed by atoms with Crippen molar-refractivity contribution in [3.8, 4) is 0 Å². The molecule has 1 aromatic carbocycles. The molecule has 134 valence electrons. The molecule has 0 spiro atoms. The quantitative estimate of drug-likeness (QED) is 0.807. The van der Waals surface area contributed by atoms with Gasteiger partial charge in [-0.05, 0) is 84.5 Å². The second kappa shape index (κ2) is 7.80. The number of hydrogen-bond acceptors (Lipinski definition) is 3. The van der Waals surface area contributed by atoms with Gasteiger partial charge in [-0.15, -0.1) is 0 Å². The van der Waals surface area contributed by atoms with E-state index in [4.69, 9.17) is 5.73 Å². The first-order chi connectivity index (χ1) is 11.5. The van der Waals surface area contributed by atoms with Gasteiger partial charge >= 0.3 is 0 Å². The zero-order chi connectivity index (χ0) is 17.2. The van der Waals surface area contributed by atoms with Crippen LogP contribution in [0.5, 0.6) is 0 Å². The Bertz CT molecular complexity index is 559. The monoisotopic (exact) mass is 347 g/mol. The van der Waals surface area contributed by atoms with Crippen LogP contribution in [0.25, 0.3) is 0 Å². The first kappa shape index (κ1) is 18.3. The molecule has 3 N–H and O–H groups in total. The SMILES string of the molecule is CC(C)SCC[C@@H]1CCc2cc(C3CC[C@](N)(CO)C3)ccc2C1. The molecule has 3 atom stereocenters. The van der Waals surface area contributed by atoms with Crippen molar-refractivity contribution in [2.45, 2.75) is 75.5 Å². The van der Waals surface area contributed by atoms with Crippen molar-refractivity contribution in [2.75, 3.05) is 12.4 Å². The van der Waals surface area contributed by atoms with E-state index >= 15 is 0 Å². The second-order valence-corrected chi connectivity index (χ2v) is 9.99. The molecule has 2 aliphatic carbocycles. The summed E-state index contributed by atoms with van der Waals surface area (Å²) in [5.74, 6) is 2.71. The van der Waals surface area contributed by atoms with Crippen LogP contribution in [-0.2, 0) is 12.8 Å². The third-order valence-electron chi connectivity index (χ3n) is 5.97. The molecule has 0 aromatic heterocycles. The molecule has 1 aromatic rings. The Morgan fingerprint density at radius 2 is 2.12 bits per heavy atom. The van der Waals surface area contributed by atoms with Crippen molar-refractivity contribution >= 4 is 11.8 Å². The Kier molecular flexibility index (Phi) is 5.94. The van der Waals surface area contributed by atoms with Gasteiger partial charge in [0.2, 0.25) is 0 Å². The first-order valence-electron chi connectivity index (χ1n) is 9.62. The van der Waals surface area contributed by atoms with Gasteiger partial charge in [0.15, 0.2) is 0 Å². The molecule has 3 heteroatoms. The molecule has 0 bridgehead atoms. The van der Waals surface area contributed by atoms with Crippen molar-refractivity contribution in [2.24, 2.45) is 11.7 Å². The molecule has 2 aliphatic rings. The van der Waals surface area contributed by atoms with Gasteiger partial charge in [-0.3, -0.25) is 0 Å². The van der Waals surface area contributed by atoms with Gasteiger partial charge in [0, 0.05) is 5.54 Å². The smallest absolute Gasteiger partial charge is 0.0611 e. The lowest BCUT2D eigenvalue weighted by Gasteiger charge is -2.26. The summed E-state index contributed by atoms with van der Waals surface area (Å²) in [6.07, 6.45) is 8.19. The highest BCUT2D eigenvalue weighted by molar-refractivity contribution is 7.99. The van der Waals surface area contributed by atoms with Crippen LogP contribution in [0, 0.1) is 5.92 Å². The number of aliphatic hydroxyl groups excluding tert-OH is 1. The summed E-state index contributed by atoms with van der Waals surface area (Å²) >= 11 is 2.10. The number of rotatable bonds is 6. The molecule has 3 rings (SSSR count). The molecular weight excluding hydrogens is 314 g/mol. The predicted octanol–water partition coefficient (Wildman–Crippen LogP) is 4.28. The van der Waals surface area contributed by atoms with E-state index in [-0.39, 0.29) is 12.1 Å². The molecule has 24 heavy (non-hydrogen) atoms. The molecule has 0 radical (unpaired) electrons. The van der Waals surface area contributed by atoms with Crippen molar-refractivity contribution in [1.29, 1.82) is 0 Å². The molecule has 0 saturated heterocycles. The van der Waals surface area contributed by atoms with Crippen molar-refractivity contribution in [3.05, 3.63) is 34.9 Å². The van der Waals surface area contributed by atoms with Gasteiger partial charge in [0.25, 0.3) is 0 Å². The third kappa shape index (κ3) is 4.36. The molecular formula is C21H33NOS. The summed E-state index contributed by atoms with van der Waals surface area (Å²) in [5, 5.41) is 10.2. The van der Waals surface area contributed by atoms with E-state index < -0.39 is 0 Å². The Labute approximate surface area is 151 Å². The minimum atomic E-state index is -0.347. The van der Waals surface area contributed by atoms with Crippen molar-refractivity contribution in [1.82, 2.24) is 0 Å². The summed E-state index contributed by atoms with van der Waals surface area (Å²) < 4.78 is 0. The lowest BCUT2D eigenvalue weighted by Crippen LogP contribution is -2.40. The Morgan fingerprint density at radius 1 is 1.29 bits per heavy atom. The fraction of sp³-hybridized carbons (Fsp3) is 0.714. The normalized spacial score (nSPS) is 29.9. The fourth-order valence-corrected chi connectivity index (χ4v) is 5.35. The highest BCUT2D eigenvalue weighted by Crippen LogP contribution is 2.40. The maximum Gasteiger partial charge on any atom is 0.0611 e. The second-order valence-electron chi connectivity index (χ2n) is 8.31. The number of benzene rings is 1. The number of aliphatic hydroxyl groups is 1.